The second-order valence-corrected chi connectivity index (χ2v) is 4.12. The monoisotopic (exact) mass is 288 g/mol. The molecule has 4 N–H and O–H groups in total. The van der Waals surface area contributed by atoms with Gasteiger partial charge in [0.1, 0.15) is 5.82 Å². The zero-order valence-electron chi connectivity index (χ0n) is 9.15. The molecule has 0 fully saturated rings. The average molecular weight is 289 g/mol. The predicted octanol–water partition coefficient (Wildman–Crippen LogP) is 1.71. The molecule has 0 bridgehead atoms. The van der Waals surface area contributed by atoms with E-state index >= 15 is 0 Å². The molecule has 0 aliphatic carbocycles. The van der Waals surface area contributed by atoms with E-state index in [1.54, 1.807) is 6.07 Å². The number of aromatic nitrogens is 3. The molecule has 9 heteroatoms. The summed E-state index contributed by atoms with van der Waals surface area (Å²) in [6.45, 7) is 0.542. The molecule has 2 aromatic heterocycles. The van der Waals surface area contributed by atoms with Gasteiger partial charge in [-0.25, -0.2) is 10.8 Å². The quantitative estimate of drug-likeness (QED) is 0.568. The summed E-state index contributed by atoms with van der Waals surface area (Å²) < 4.78 is 4.86. The number of nitrogens with zero attached hydrogens (tertiary/aromatic N) is 3. The van der Waals surface area contributed by atoms with Gasteiger partial charge in [0.05, 0.1) is 10.0 Å². The zero-order valence-corrected chi connectivity index (χ0v) is 10.7. The zero-order chi connectivity index (χ0) is 13.0. The van der Waals surface area contributed by atoms with Crippen molar-refractivity contribution in [2.24, 2.45) is 5.84 Å². The van der Waals surface area contributed by atoms with Gasteiger partial charge in [-0.1, -0.05) is 28.4 Å². The van der Waals surface area contributed by atoms with E-state index in [-0.39, 0.29) is 0 Å². The molecule has 2 heterocycles. The second kappa shape index (κ2) is 5.85. The Kier molecular flexibility index (Phi) is 4.19. The van der Waals surface area contributed by atoms with Crippen LogP contribution in [0.1, 0.15) is 5.89 Å². The standard InChI is InChI=1S/C9H10Cl2N6O/c10-5-3-6(11)9(17-12)16-8(5)13-2-1-7-14-4-15-18-7/h3-4H,1-2,12H2,(H2,13,16,17). The van der Waals surface area contributed by atoms with Crippen LogP contribution < -0.4 is 16.6 Å². The SMILES string of the molecule is NNc1nc(NCCc2ncno2)c(Cl)cc1Cl. The van der Waals surface area contributed by atoms with Gasteiger partial charge in [-0.2, -0.15) is 4.98 Å². The summed E-state index contributed by atoms with van der Waals surface area (Å²) in [6, 6.07) is 1.56. The molecule has 0 aliphatic rings. The van der Waals surface area contributed by atoms with Gasteiger partial charge in [0.2, 0.25) is 5.89 Å². The van der Waals surface area contributed by atoms with Crippen molar-refractivity contribution >= 4 is 34.8 Å². The average Bonchev–Trinajstić information content (AvgIpc) is 2.85. The number of nitrogens with two attached hydrogens (primary N) is 1. The predicted molar refractivity (Wildman–Crippen MR) is 68.6 cm³/mol. The largest absolute Gasteiger partial charge is 0.368 e. The highest BCUT2D eigenvalue weighted by Gasteiger charge is 2.08. The van der Waals surface area contributed by atoms with Gasteiger partial charge in [-0.3, -0.25) is 0 Å². The Labute approximate surface area is 113 Å². The van der Waals surface area contributed by atoms with Gasteiger partial charge in [0.15, 0.2) is 12.1 Å². The van der Waals surface area contributed by atoms with Crippen LogP contribution in [0.15, 0.2) is 16.9 Å². The first-order valence-electron chi connectivity index (χ1n) is 5.03. The minimum absolute atomic E-state index is 0.348. The third kappa shape index (κ3) is 3.00. The van der Waals surface area contributed by atoms with Crippen LogP contribution in [0.2, 0.25) is 10.0 Å². The second-order valence-electron chi connectivity index (χ2n) is 3.31. The molecule has 0 saturated heterocycles. The van der Waals surface area contributed by atoms with Crippen LogP contribution in [0.4, 0.5) is 11.6 Å². The van der Waals surface area contributed by atoms with Gasteiger partial charge >= 0.3 is 0 Å². The van der Waals surface area contributed by atoms with Crippen molar-refractivity contribution in [3.05, 3.63) is 28.3 Å². The number of hydrogen-bond donors (Lipinski definition) is 3. The van der Waals surface area contributed by atoms with E-state index in [2.05, 4.69) is 25.9 Å². The van der Waals surface area contributed by atoms with Gasteiger partial charge in [0, 0.05) is 13.0 Å². The Bertz CT molecular complexity index is 518. The minimum atomic E-state index is 0.348. The fourth-order valence-electron chi connectivity index (χ4n) is 1.29. The summed E-state index contributed by atoms with van der Waals surface area (Å²) in [7, 11) is 0. The van der Waals surface area contributed by atoms with E-state index in [1.165, 1.54) is 6.33 Å². The van der Waals surface area contributed by atoms with E-state index in [0.29, 0.717) is 40.5 Å². The Morgan fingerprint density at radius 2 is 2.06 bits per heavy atom. The number of hydrogen-bond acceptors (Lipinski definition) is 7. The van der Waals surface area contributed by atoms with Crippen molar-refractivity contribution in [2.45, 2.75) is 6.42 Å². The lowest BCUT2D eigenvalue weighted by Gasteiger charge is -2.09. The van der Waals surface area contributed by atoms with E-state index in [1.807, 2.05) is 0 Å². The molecular formula is C9H10Cl2N6O. The maximum absolute atomic E-state index is 5.99. The van der Waals surface area contributed by atoms with Crippen LogP contribution in [0.3, 0.4) is 0 Å². The van der Waals surface area contributed by atoms with Crippen LogP contribution >= 0.6 is 23.2 Å². The molecule has 2 aromatic rings. The van der Waals surface area contributed by atoms with Crippen molar-refractivity contribution in [3.63, 3.8) is 0 Å². The normalized spacial score (nSPS) is 10.4. The van der Waals surface area contributed by atoms with Gasteiger partial charge in [-0.15, -0.1) is 0 Å². The minimum Gasteiger partial charge on any atom is -0.368 e. The molecule has 0 spiro atoms. The molecule has 96 valence electrons. The lowest BCUT2D eigenvalue weighted by molar-refractivity contribution is 0.379. The summed E-state index contributed by atoms with van der Waals surface area (Å²) in [6.07, 6.45) is 1.91. The third-order valence-corrected chi connectivity index (χ3v) is 2.68. The molecule has 0 amide bonds. The van der Waals surface area contributed by atoms with Crippen LogP contribution in [-0.4, -0.2) is 21.7 Å². The molecule has 18 heavy (non-hydrogen) atoms. The van der Waals surface area contributed by atoms with Crippen LogP contribution in [0, 0.1) is 0 Å². The fourth-order valence-corrected chi connectivity index (χ4v) is 1.77. The lowest BCUT2D eigenvalue weighted by Crippen LogP contribution is -2.12. The number of pyridine rings is 1. The summed E-state index contributed by atoms with van der Waals surface area (Å²) in [4.78, 5) is 8.02. The molecule has 0 saturated carbocycles. The summed E-state index contributed by atoms with van der Waals surface area (Å²) in [5.74, 6) is 6.64. The topological polar surface area (TPSA) is 102 Å². The maximum atomic E-state index is 5.99. The van der Waals surface area contributed by atoms with E-state index in [0.717, 1.165) is 0 Å². The molecule has 0 unspecified atom stereocenters. The molecule has 0 aromatic carbocycles. The highest BCUT2D eigenvalue weighted by molar-refractivity contribution is 6.37. The Balaban J connectivity index is 2.00. The highest BCUT2D eigenvalue weighted by atomic mass is 35.5. The number of hydrazine groups is 1. The fraction of sp³-hybridized carbons (Fsp3) is 0.222. The van der Waals surface area contributed by atoms with Crippen LogP contribution in [0.5, 0.6) is 0 Å². The molecule has 0 aliphatic heterocycles. The van der Waals surface area contributed by atoms with Gasteiger partial charge in [-0.05, 0) is 6.07 Å². The van der Waals surface area contributed by atoms with Crippen molar-refractivity contribution in [1.29, 1.82) is 0 Å². The number of halogens is 2. The van der Waals surface area contributed by atoms with E-state index in [4.69, 9.17) is 33.6 Å². The number of rotatable bonds is 5. The summed E-state index contributed by atoms with van der Waals surface area (Å²) in [5, 5.41) is 7.29. The first-order valence-corrected chi connectivity index (χ1v) is 5.78. The number of nitrogens with one attached hydrogen (secondary N) is 2. The third-order valence-electron chi connectivity index (χ3n) is 2.10. The maximum Gasteiger partial charge on any atom is 0.228 e. The summed E-state index contributed by atoms with van der Waals surface area (Å²) >= 11 is 11.9. The number of nitrogen functional groups attached to an aromatic ring is 1. The Morgan fingerprint density at radius 1 is 1.28 bits per heavy atom. The Morgan fingerprint density at radius 3 is 2.72 bits per heavy atom. The molecule has 2 rings (SSSR count). The Hall–Kier alpha value is -1.57. The van der Waals surface area contributed by atoms with E-state index in [9.17, 15) is 0 Å². The lowest BCUT2D eigenvalue weighted by atomic mass is 10.4. The van der Waals surface area contributed by atoms with Crippen LogP contribution in [-0.2, 0) is 6.42 Å². The van der Waals surface area contributed by atoms with Crippen molar-refractivity contribution in [1.82, 2.24) is 15.1 Å². The first-order chi connectivity index (χ1) is 8.70. The summed E-state index contributed by atoms with van der Waals surface area (Å²) in [5.41, 5.74) is 2.38. The van der Waals surface area contributed by atoms with Gasteiger partial charge in [0.25, 0.3) is 0 Å². The molecule has 7 nitrogen and oxygen atoms in total. The highest BCUT2D eigenvalue weighted by Crippen LogP contribution is 2.28. The molecule has 0 atom stereocenters. The molecular weight excluding hydrogens is 279 g/mol. The van der Waals surface area contributed by atoms with Crippen molar-refractivity contribution in [3.8, 4) is 0 Å². The van der Waals surface area contributed by atoms with Crippen molar-refractivity contribution in [2.75, 3.05) is 17.3 Å². The number of anilines is 2. The van der Waals surface area contributed by atoms with Gasteiger partial charge < -0.3 is 15.3 Å². The first kappa shape index (κ1) is 12.9. The molecule has 0 radical (unpaired) electrons. The van der Waals surface area contributed by atoms with Crippen LogP contribution in [0.25, 0.3) is 0 Å². The smallest absolute Gasteiger partial charge is 0.228 e. The van der Waals surface area contributed by atoms with E-state index < -0.39 is 0 Å². The van der Waals surface area contributed by atoms with Crippen molar-refractivity contribution < 1.29 is 4.52 Å².